The summed E-state index contributed by atoms with van der Waals surface area (Å²) < 4.78 is 1.76. The first-order valence-electron chi connectivity index (χ1n) is 4.63. The fraction of sp³-hybridized carbons (Fsp3) is 0. The van der Waals surface area contributed by atoms with Crippen LogP contribution in [-0.4, -0.2) is 9.97 Å². The first kappa shape index (κ1) is 12.3. The van der Waals surface area contributed by atoms with Gasteiger partial charge in [-0.2, -0.15) is 5.26 Å². The third-order valence-corrected chi connectivity index (χ3v) is 3.46. The van der Waals surface area contributed by atoms with Gasteiger partial charge in [-0.3, -0.25) is 0 Å². The maximum Gasteiger partial charge on any atom is 0.147 e. The highest BCUT2D eigenvalue weighted by molar-refractivity contribution is 14.1. The predicted octanol–water partition coefficient (Wildman–Crippen LogP) is 3.46. The van der Waals surface area contributed by atoms with E-state index in [1.807, 2.05) is 6.07 Å². The predicted molar refractivity (Wildman–Crippen MR) is 76.9 cm³/mol. The molecule has 0 amide bonds. The SMILES string of the molecule is N#Cc1ccc(Nc2ncncc2I)c(Br)c1. The number of nitriles is 1. The van der Waals surface area contributed by atoms with Gasteiger partial charge in [-0.15, -0.1) is 0 Å². The summed E-state index contributed by atoms with van der Waals surface area (Å²) in [5, 5.41) is 12.0. The monoisotopic (exact) mass is 400 g/mol. The Hall–Kier alpha value is -1.20. The number of benzene rings is 1. The van der Waals surface area contributed by atoms with Crippen LogP contribution in [0.5, 0.6) is 0 Å². The number of hydrogen-bond donors (Lipinski definition) is 1. The van der Waals surface area contributed by atoms with E-state index >= 15 is 0 Å². The average molecular weight is 401 g/mol. The Morgan fingerprint density at radius 1 is 1.41 bits per heavy atom. The van der Waals surface area contributed by atoms with Gasteiger partial charge in [-0.05, 0) is 56.7 Å². The third-order valence-electron chi connectivity index (χ3n) is 2.02. The zero-order valence-electron chi connectivity index (χ0n) is 8.48. The van der Waals surface area contributed by atoms with Crippen molar-refractivity contribution in [3.05, 3.63) is 44.3 Å². The molecule has 2 rings (SSSR count). The molecule has 0 bridgehead atoms. The minimum Gasteiger partial charge on any atom is -0.338 e. The lowest BCUT2D eigenvalue weighted by atomic mass is 10.2. The summed E-state index contributed by atoms with van der Waals surface area (Å²) in [6.07, 6.45) is 3.22. The molecule has 0 radical (unpaired) electrons. The topological polar surface area (TPSA) is 61.6 Å². The molecular formula is C11H6BrIN4. The van der Waals surface area contributed by atoms with E-state index in [1.54, 1.807) is 18.3 Å². The van der Waals surface area contributed by atoms with Crippen LogP contribution in [-0.2, 0) is 0 Å². The van der Waals surface area contributed by atoms with Gasteiger partial charge in [0.2, 0.25) is 0 Å². The molecule has 6 heteroatoms. The Kier molecular flexibility index (Phi) is 3.91. The molecule has 1 N–H and O–H groups in total. The normalized spacial score (nSPS) is 9.71. The van der Waals surface area contributed by atoms with Gasteiger partial charge in [-0.1, -0.05) is 0 Å². The standard InChI is InChI=1S/C11H6BrIN4/c12-8-3-7(4-14)1-2-10(8)17-11-9(13)5-15-6-16-11/h1-3,5-6H,(H,15,16,17). The van der Waals surface area contributed by atoms with Crippen LogP contribution >= 0.6 is 38.5 Å². The number of rotatable bonds is 2. The fourth-order valence-corrected chi connectivity index (χ4v) is 2.13. The number of aromatic nitrogens is 2. The lowest BCUT2D eigenvalue weighted by Crippen LogP contribution is -1.97. The molecule has 84 valence electrons. The van der Waals surface area contributed by atoms with Crippen molar-refractivity contribution in [1.82, 2.24) is 9.97 Å². The van der Waals surface area contributed by atoms with Gasteiger partial charge < -0.3 is 5.32 Å². The van der Waals surface area contributed by atoms with Crippen LogP contribution in [0.2, 0.25) is 0 Å². The average Bonchev–Trinajstić information content (AvgIpc) is 2.34. The van der Waals surface area contributed by atoms with E-state index in [0.717, 1.165) is 19.5 Å². The van der Waals surface area contributed by atoms with Crippen LogP contribution in [0.3, 0.4) is 0 Å². The minimum atomic E-state index is 0.611. The Morgan fingerprint density at radius 2 is 2.24 bits per heavy atom. The number of nitrogens with one attached hydrogen (secondary N) is 1. The van der Waals surface area contributed by atoms with E-state index in [0.29, 0.717) is 5.56 Å². The van der Waals surface area contributed by atoms with Crippen LogP contribution in [0.25, 0.3) is 0 Å². The van der Waals surface area contributed by atoms with Gasteiger partial charge >= 0.3 is 0 Å². The molecule has 17 heavy (non-hydrogen) atoms. The van der Waals surface area contributed by atoms with Crippen molar-refractivity contribution >= 4 is 50.0 Å². The highest BCUT2D eigenvalue weighted by Gasteiger charge is 2.05. The summed E-state index contributed by atoms with van der Waals surface area (Å²) in [6, 6.07) is 7.43. The molecule has 0 spiro atoms. The van der Waals surface area contributed by atoms with Crippen LogP contribution in [0, 0.1) is 14.9 Å². The second kappa shape index (κ2) is 5.42. The Bertz CT molecular complexity index is 594. The van der Waals surface area contributed by atoms with Crippen molar-refractivity contribution < 1.29 is 0 Å². The van der Waals surface area contributed by atoms with Crippen LogP contribution < -0.4 is 5.32 Å². The Labute approximate surface area is 120 Å². The molecule has 1 aromatic carbocycles. The van der Waals surface area contributed by atoms with Crippen molar-refractivity contribution in [3.63, 3.8) is 0 Å². The summed E-state index contributed by atoms with van der Waals surface area (Å²) in [4.78, 5) is 8.06. The van der Waals surface area contributed by atoms with Gasteiger partial charge in [0.1, 0.15) is 12.1 Å². The summed E-state index contributed by atoms with van der Waals surface area (Å²) in [6.45, 7) is 0. The van der Waals surface area contributed by atoms with E-state index in [4.69, 9.17) is 5.26 Å². The maximum absolute atomic E-state index is 8.77. The molecule has 1 heterocycles. The van der Waals surface area contributed by atoms with Crippen molar-refractivity contribution in [3.8, 4) is 6.07 Å². The van der Waals surface area contributed by atoms with E-state index in [-0.39, 0.29) is 0 Å². The van der Waals surface area contributed by atoms with Crippen LogP contribution in [0.15, 0.2) is 35.2 Å². The molecule has 4 nitrogen and oxygen atoms in total. The molecule has 0 atom stereocenters. The third kappa shape index (κ3) is 2.92. The van der Waals surface area contributed by atoms with Gasteiger partial charge in [0.05, 0.1) is 20.9 Å². The molecule has 0 aliphatic carbocycles. The molecule has 2 aromatic rings. The number of hydrogen-bond acceptors (Lipinski definition) is 4. The van der Waals surface area contributed by atoms with Gasteiger partial charge in [0.25, 0.3) is 0 Å². The molecule has 1 aromatic heterocycles. The van der Waals surface area contributed by atoms with E-state index < -0.39 is 0 Å². The van der Waals surface area contributed by atoms with Crippen LogP contribution in [0.1, 0.15) is 5.56 Å². The largest absolute Gasteiger partial charge is 0.338 e. The van der Waals surface area contributed by atoms with Gasteiger partial charge in [0.15, 0.2) is 0 Å². The number of halogens is 2. The lowest BCUT2D eigenvalue weighted by Gasteiger charge is -2.08. The Morgan fingerprint density at radius 3 is 2.88 bits per heavy atom. The summed E-state index contributed by atoms with van der Waals surface area (Å²) in [7, 11) is 0. The van der Waals surface area contributed by atoms with Crippen molar-refractivity contribution in [2.24, 2.45) is 0 Å². The molecule has 0 saturated carbocycles. The molecule has 0 fully saturated rings. The zero-order valence-corrected chi connectivity index (χ0v) is 12.2. The van der Waals surface area contributed by atoms with Crippen molar-refractivity contribution in [1.29, 1.82) is 5.26 Å². The molecule has 0 aliphatic rings. The first-order chi connectivity index (χ1) is 8.20. The van der Waals surface area contributed by atoms with E-state index in [1.165, 1.54) is 6.33 Å². The van der Waals surface area contributed by atoms with E-state index in [2.05, 4.69) is 59.9 Å². The zero-order chi connectivity index (χ0) is 12.3. The quantitative estimate of drug-likeness (QED) is 0.784. The van der Waals surface area contributed by atoms with Gasteiger partial charge in [-0.25, -0.2) is 9.97 Å². The smallest absolute Gasteiger partial charge is 0.147 e. The first-order valence-corrected chi connectivity index (χ1v) is 6.50. The van der Waals surface area contributed by atoms with Crippen molar-refractivity contribution in [2.75, 3.05) is 5.32 Å². The van der Waals surface area contributed by atoms with Crippen LogP contribution in [0.4, 0.5) is 11.5 Å². The van der Waals surface area contributed by atoms with Gasteiger partial charge in [0, 0.05) is 10.7 Å². The number of anilines is 2. The molecular weight excluding hydrogens is 395 g/mol. The highest BCUT2D eigenvalue weighted by atomic mass is 127. The Balaban J connectivity index is 2.32. The summed E-state index contributed by atoms with van der Waals surface area (Å²) in [5.41, 5.74) is 1.47. The molecule has 0 unspecified atom stereocenters. The number of nitrogens with zero attached hydrogens (tertiary/aromatic N) is 3. The second-order valence-electron chi connectivity index (χ2n) is 3.15. The second-order valence-corrected chi connectivity index (χ2v) is 5.17. The molecule has 0 aliphatic heterocycles. The van der Waals surface area contributed by atoms with Crippen molar-refractivity contribution in [2.45, 2.75) is 0 Å². The minimum absolute atomic E-state index is 0.611. The molecule has 0 saturated heterocycles. The maximum atomic E-state index is 8.77. The van der Waals surface area contributed by atoms with E-state index in [9.17, 15) is 0 Å². The summed E-state index contributed by atoms with van der Waals surface area (Å²) >= 11 is 5.57. The lowest BCUT2D eigenvalue weighted by molar-refractivity contribution is 1.15. The highest BCUT2D eigenvalue weighted by Crippen LogP contribution is 2.27. The summed E-state index contributed by atoms with van der Waals surface area (Å²) in [5.74, 6) is 0.742. The fourth-order valence-electron chi connectivity index (χ4n) is 1.22.